The van der Waals surface area contributed by atoms with Crippen LogP contribution in [0.25, 0.3) is 100 Å². The van der Waals surface area contributed by atoms with Gasteiger partial charge < -0.3 is 4.57 Å². The molecule has 0 N–H and O–H groups in total. The minimum absolute atomic E-state index is 0.137. The Morgan fingerprint density at radius 3 is 1.52 bits per heavy atom. The monoisotopic (exact) mass is 720 g/mol. The largest absolute Gasteiger partial charge is 0.307 e. The van der Waals surface area contributed by atoms with E-state index in [1.165, 1.54) is 0 Å². The zero-order valence-corrected chi connectivity index (χ0v) is 29.9. The zero-order chi connectivity index (χ0) is 41.4. The first-order valence-electron chi connectivity index (χ1n) is 21.0. The number of hydrogen-bond donors (Lipinski definition) is 0. The van der Waals surface area contributed by atoms with Crippen molar-refractivity contribution in [2.75, 3.05) is 0 Å². The van der Waals surface area contributed by atoms with Gasteiger partial charge in [0.1, 0.15) is 0 Å². The van der Waals surface area contributed by atoms with E-state index < -0.39 is 6.04 Å². The minimum atomic E-state index is -0.426. The number of fused-ring (bicyclic) bond motifs is 7. The first-order chi connectivity index (χ1) is 29.9. The molecule has 0 atom stereocenters. The molecule has 0 aliphatic carbocycles. The summed E-state index contributed by atoms with van der Waals surface area (Å²) in [7, 11) is 0. The lowest BCUT2D eigenvalue weighted by Gasteiger charge is -2.14. The molecular formula is C51H33N5. The van der Waals surface area contributed by atoms with Crippen LogP contribution in [0.5, 0.6) is 0 Å². The topological polar surface area (TPSA) is 48.5 Å². The van der Waals surface area contributed by atoms with Gasteiger partial charge in [0.15, 0.2) is 11.6 Å². The Morgan fingerprint density at radius 1 is 0.357 bits per heavy atom. The van der Waals surface area contributed by atoms with Crippen molar-refractivity contribution in [1.29, 1.82) is 0 Å². The molecule has 0 bridgehead atoms. The molecule has 0 radical (unpaired) electrons. The summed E-state index contributed by atoms with van der Waals surface area (Å²) in [6.07, 6.45) is 0. The molecular weight excluding hydrogens is 683 g/mol. The van der Waals surface area contributed by atoms with Crippen LogP contribution in [0.15, 0.2) is 200 Å². The van der Waals surface area contributed by atoms with E-state index in [0.717, 1.165) is 66.0 Å². The van der Waals surface area contributed by atoms with Gasteiger partial charge in [-0.1, -0.05) is 176 Å². The van der Waals surface area contributed by atoms with E-state index in [1.807, 2.05) is 54.6 Å². The van der Waals surface area contributed by atoms with Crippen molar-refractivity contribution in [1.82, 2.24) is 24.1 Å². The summed E-state index contributed by atoms with van der Waals surface area (Å²) in [4.78, 5) is 15.5. The lowest BCUT2D eigenvalue weighted by Crippen LogP contribution is -2.07. The smallest absolute Gasteiger partial charge is 0.238 e. The Balaban J connectivity index is 1.19. The minimum Gasteiger partial charge on any atom is -0.307 e. The normalized spacial score (nSPS) is 12.8. The van der Waals surface area contributed by atoms with E-state index in [0.29, 0.717) is 28.7 Å². The number of para-hydroxylation sites is 2. The fourth-order valence-corrected chi connectivity index (χ4v) is 7.92. The average molecular weight is 721 g/mol. The van der Waals surface area contributed by atoms with Crippen molar-refractivity contribution in [3.63, 3.8) is 0 Å². The predicted octanol–water partition coefficient (Wildman–Crippen LogP) is 12.7. The maximum Gasteiger partial charge on any atom is 0.238 e. The molecule has 0 fully saturated rings. The Bertz CT molecular complexity index is 3500. The van der Waals surface area contributed by atoms with E-state index in [1.54, 1.807) is 12.1 Å². The first kappa shape index (κ1) is 27.0. The lowest BCUT2D eigenvalue weighted by molar-refractivity contribution is 0.953. The van der Waals surface area contributed by atoms with Gasteiger partial charge in [-0.15, -0.1) is 0 Å². The molecule has 0 aliphatic rings. The van der Waals surface area contributed by atoms with Crippen LogP contribution in [-0.4, -0.2) is 24.1 Å². The number of aromatic nitrogens is 5. The number of nitrogens with zero attached hydrogens (tertiary/aromatic N) is 5. The molecule has 3 heterocycles. The average Bonchev–Trinajstić information content (AvgIpc) is 3.84. The maximum atomic E-state index is 8.56. The molecule has 11 rings (SSSR count). The molecule has 262 valence electrons. The van der Waals surface area contributed by atoms with Gasteiger partial charge in [-0.3, -0.25) is 4.57 Å². The second-order valence-electron chi connectivity index (χ2n) is 13.7. The van der Waals surface area contributed by atoms with Gasteiger partial charge in [-0.2, -0.15) is 9.97 Å². The standard InChI is InChI=1S/C51H33N5/c1-4-15-34(16-5-1)36-27-29-38(30-28-36)50-52-49(37-19-8-3-9-20-37)53-51(54-50)56-46-26-13-11-24-42(46)44-32-31-43-41-23-10-12-25-45(41)55(47(43)48(44)56)40-22-14-21-39(33-40)35-17-6-2-7-18-35/h1-33H/i1D,4D,5D,15D,16D. The number of rotatable bonds is 6. The predicted molar refractivity (Wildman–Crippen MR) is 230 cm³/mol. The van der Waals surface area contributed by atoms with Crippen LogP contribution >= 0.6 is 0 Å². The van der Waals surface area contributed by atoms with Gasteiger partial charge in [-0.25, -0.2) is 4.98 Å². The highest BCUT2D eigenvalue weighted by molar-refractivity contribution is 6.23. The Kier molecular flexibility index (Phi) is 6.29. The van der Waals surface area contributed by atoms with Crippen LogP contribution in [0.2, 0.25) is 0 Å². The molecule has 5 heteroatoms. The molecule has 56 heavy (non-hydrogen) atoms. The lowest BCUT2D eigenvalue weighted by atomic mass is 10.0. The first-order valence-corrected chi connectivity index (χ1v) is 18.5. The summed E-state index contributed by atoms with van der Waals surface area (Å²) in [6.45, 7) is 0. The third-order valence-corrected chi connectivity index (χ3v) is 10.5. The highest BCUT2D eigenvalue weighted by atomic mass is 15.2. The molecule has 0 saturated carbocycles. The molecule has 0 saturated heterocycles. The van der Waals surface area contributed by atoms with Crippen molar-refractivity contribution in [2.45, 2.75) is 0 Å². The Morgan fingerprint density at radius 2 is 0.857 bits per heavy atom. The SMILES string of the molecule is [2H]c1c([2H])c([2H])c(-c2ccc(-c3nc(-c4ccccc4)nc(-n4c5ccccc5c5ccc6c7ccccc7n(-c7cccc(-c8ccccc8)c7)c6c54)n3)cc2)c([2H])c1[2H]. The van der Waals surface area contributed by atoms with Gasteiger partial charge in [0.25, 0.3) is 0 Å². The maximum absolute atomic E-state index is 8.56. The van der Waals surface area contributed by atoms with Crippen LogP contribution < -0.4 is 0 Å². The van der Waals surface area contributed by atoms with Gasteiger partial charge >= 0.3 is 0 Å². The van der Waals surface area contributed by atoms with Crippen LogP contribution in [0.3, 0.4) is 0 Å². The van der Waals surface area contributed by atoms with Crippen LogP contribution in [0, 0.1) is 0 Å². The van der Waals surface area contributed by atoms with Crippen molar-refractivity contribution in [3.8, 4) is 56.7 Å². The molecule has 0 unspecified atom stereocenters. The van der Waals surface area contributed by atoms with E-state index in [2.05, 4.69) is 112 Å². The quantitative estimate of drug-likeness (QED) is 0.172. The third-order valence-electron chi connectivity index (χ3n) is 10.5. The van der Waals surface area contributed by atoms with E-state index in [-0.39, 0.29) is 29.7 Å². The van der Waals surface area contributed by atoms with Crippen molar-refractivity contribution >= 4 is 43.6 Å². The Hall–Kier alpha value is -7.63. The summed E-state index contributed by atoms with van der Waals surface area (Å²) in [6, 6.07) is 55.6. The summed E-state index contributed by atoms with van der Waals surface area (Å²) < 4.78 is 46.1. The molecule has 0 spiro atoms. The summed E-state index contributed by atoms with van der Waals surface area (Å²) in [5, 5.41) is 4.33. The van der Waals surface area contributed by atoms with Gasteiger partial charge in [0.05, 0.1) is 28.9 Å². The van der Waals surface area contributed by atoms with Gasteiger partial charge in [-0.05, 0) is 46.5 Å². The van der Waals surface area contributed by atoms with Crippen molar-refractivity contribution in [2.24, 2.45) is 0 Å². The van der Waals surface area contributed by atoms with E-state index in [9.17, 15) is 0 Å². The fourth-order valence-electron chi connectivity index (χ4n) is 7.92. The number of benzene rings is 8. The van der Waals surface area contributed by atoms with Crippen LogP contribution in [-0.2, 0) is 0 Å². The van der Waals surface area contributed by atoms with Gasteiger partial charge in [0, 0.05) is 38.4 Å². The summed E-state index contributed by atoms with van der Waals surface area (Å²) >= 11 is 0. The fraction of sp³-hybridized carbons (Fsp3) is 0. The molecule has 3 aromatic heterocycles. The third kappa shape index (κ3) is 5.21. The van der Waals surface area contributed by atoms with Crippen molar-refractivity contribution < 1.29 is 6.85 Å². The summed E-state index contributed by atoms with van der Waals surface area (Å²) in [5.74, 6) is 1.35. The molecule has 0 amide bonds. The molecule has 5 nitrogen and oxygen atoms in total. The highest BCUT2D eigenvalue weighted by Gasteiger charge is 2.23. The second-order valence-corrected chi connectivity index (χ2v) is 13.7. The second kappa shape index (κ2) is 13.0. The van der Waals surface area contributed by atoms with Gasteiger partial charge in [0.2, 0.25) is 5.95 Å². The summed E-state index contributed by atoms with van der Waals surface area (Å²) in [5.41, 5.74) is 9.39. The Labute approximate surface area is 330 Å². The zero-order valence-electron chi connectivity index (χ0n) is 34.9. The molecule has 8 aromatic carbocycles. The van der Waals surface area contributed by atoms with Crippen molar-refractivity contribution in [3.05, 3.63) is 200 Å². The van der Waals surface area contributed by atoms with E-state index in [4.69, 9.17) is 21.8 Å². The molecule has 11 aromatic rings. The number of hydrogen-bond acceptors (Lipinski definition) is 3. The van der Waals surface area contributed by atoms with Crippen LogP contribution in [0.4, 0.5) is 0 Å². The highest BCUT2D eigenvalue weighted by Crippen LogP contribution is 2.42. The van der Waals surface area contributed by atoms with E-state index >= 15 is 0 Å². The molecule has 0 aliphatic heterocycles. The van der Waals surface area contributed by atoms with Crippen LogP contribution in [0.1, 0.15) is 6.85 Å².